The van der Waals surface area contributed by atoms with Gasteiger partial charge in [0.25, 0.3) is 17.6 Å². The third-order valence-corrected chi connectivity index (χ3v) is 7.94. The van der Waals surface area contributed by atoms with E-state index in [0.717, 1.165) is 56.1 Å². The van der Waals surface area contributed by atoms with E-state index in [1.54, 1.807) is 6.20 Å². The Morgan fingerprint density at radius 3 is 2.58 bits per heavy atom. The van der Waals surface area contributed by atoms with Crippen molar-refractivity contribution in [2.24, 2.45) is 0 Å². The zero-order chi connectivity index (χ0) is 27.2. The van der Waals surface area contributed by atoms with Gasteiger partial charge in [-0.05, 0) is 38.9 Å². The molecule has 10 nitrogen and oxygen atoms in total. The Bertz CT molecular complexity index is 1300. The molecular formula is C27H38IN8O2+. The number of anilines is 1. The number of nitrogens with zero attached hydrogens (tertiary/aromatic N) is 6. The van der Waals surface area contributed by atoms with Gasteiger partial charge in [-0.15, -0.1) is 0 Å². The SMILES string of the molecule is CCCCN1CCN(C(=O)c2ccc3c(c2)n(CC)c(CNC(=O)c2nc(CI)cnc2N)[n+]3CC)CC1. The maximum Gasteiger partial charge on any atom is 0.277 e. The number of alkyl halides is 1. The van der Waals surface area contributed by atoms with Gasteiger partial charge in [-0.3, -0.25) is 14.5 Å². The van der Waals surface area contributed by atoms with E-state index < -0.39 is 0 Å². The molecule has 1 aliphatic heterocycles. The van der Waals surface area contributed by atoms with Crippen molar-refractivity contribution in [2.75, 3.05) is 38.5 Å². The van der Waals surface area contributed by atoms with Crippen molar-refractivity contribution in [3.63, 3.8) is 0 Å². The number of benzene rings is 1. The maximum absolute atomic E-state index is 13.4. The van der Waals surface area contributed by atoms with Crippen LogP contribution in [-0.2, 0) is 24.1 Å². The zero-order valence-corrected chi connectivity index (χ0v) is 24.7. The topological polar surface area (TPSA) is 113 Å². The van der Waals surface area contributed by atoms with E-state index >= 15 is 0 Å². The molecule has 0 atom stereocenters. The van der Waals surface area contributed by atoms with E-state index in [0.29, 0.717) is 28.8 Å². The second-order valence-corrected chi connectivity index (χ2v) is 10.3. The molecule has 38 heavy (non-hydrogen) atoms. The Labute approximate surface area is 237 Å². The molecule has 204 valence electrons. The summed E-state index contributed by atoms with van der Waals surface area (Å²) in [7, 11) is 0. The number of aromatic nitrogens is 4. The van der Waals surface area contributed by atoms with E-state index in [4.69, 9.17) is 5.73 Å². The standard InChI is InChI=1S/C27H37IN8O2/c1-4-7-10-33-11-13-34(14-12-33)27(38)19-8-9-21-22(15-19)36(6-3)23(35(21)5-2)18-31-26(37)24-25(29)30-17-20(16-28)32-24/h8-9,15,17H,4-7,10-14,16,18H2,1-3H3,(H2-,29,30,31,37)/p+1. The number of rotatable bonds is 10. The molecule has 1 aliphatic rings. The number of piperazine rings is 1. The van der Waals surface area contributed by atoms with Crippen LogP contribution in [-0.4, -0.2) is 68.9 Å². The van der Waals surface area contributed by atoms with Crippen LogP contribution in [0.25, 0.3) is 11.0 Å². The van der Waals surface area contributed by atoms with Gasteiger partial charge in [0.05, 0.1) is 25.0 Å². The van der Waals surface area contributed by atoms with Crippen LogP contribution in [0.5, 0.6) is 0 Å². The lowest BCUT2D eigenvalue weighted by Crippen LogP contribution is -2.48. The summed E-state index contributed by atoms with van der Waals surface area (Å²) in [6, 6.07) is 5.94. The summed E-state index contributed by atoms with van der Waals surface area (Å²) in [4.78, 5) is 39.2. The maximum atomic E-state index is 13.4. The smallest absolute Gasteiger partial charge is 0.277 e. The molecule has 11 heteroatoms. The monoisotopic (exact) mass is 633 g/mol. The largest absolute Gasteiger partial charge is 0.382 e. The van der Waals surface area contributed by atoms with Gasteiger partial charge in [0.15, 0.2) is 22.5 Å². The number of fused-ring (bicyclic) bond motifs is 1. The lowest BCUT2D eigenvalue weighted by Gasteiger charge is -2.34. The van der Waals surface area contributed by atoms with Crippen LogP contribution in [0, 0.1) is 0 Å². The van der Waals surface area contributed by atoms with E-state index in [-0.39, 0.29) is 23.3 Å². The molecular weight excluding hydrogens is 595 g/mol. The minimum absolute atomic E-state index is 0.0768. The highest BCUT2D eigenvalue weighted by Crippen LogP contribution is 2.20. The minimum Gasteiger partial charge on any atom is -0.382 e. The highest BCUT2D eigenvalue weighted by molar-refractivity contribution is 14.1. The van der Waals surface area contributed by atoms with Gasteiger partial charge >= 0.3 is 0 Å². The average Bonchev–Trinajstić information content (AvgIpc) is 3.26. The number of unbranched alkanes of at least 4 members (excludes halogenated alkanes) is 1. The molecule has 3 heterocycles. The average molecular weight is 634 g/mol. The van der Waals surface area contributed by atoms with Gasteiger partial charge in [0.1, 0.15) is 6.54 Å². The molecule has 3 aromatic rings. The van der Waals surface area contributed by atoms with Crippen molar-refractivity contribution >= 4 is 51.3 Å². The number of imidazole rings is 1. The van der Waals surface area contributed by atoms with Crippen LogP contribution < -0.4 is 15.6 Å². The van der Waals surface area contributed by atoms with Crippen molar-refractivity contribution in [2.45, 2.75) is 57.7 Å². The number of carbonyl (C=O) groups excluding carboxylic acids is 2. The van der Waals surface area contributed by atoms with Crippen molar-refractivity contribution in [3.05, 3.63) is 47.2 Å². The van der Waals surface area contributed by atoms with Crippen molar-refractivity contribution in [3.8, 4) is 0 Å². The summed E-state index contributed by atoms with van der Waals surface area (Å²) < 4.78 is 4.98. The first-order valence-corrected chi connectivity index (χ1v) is 15.0. The molecule has 1 saturated heterocycles. The number of nitrogen functional groups attached to an aromatic ring is 1. The highest BCUT2D eigenvalue weighted by atomic mass is 127. The summed E-state index contributed by atoms with van der Waals surface area (Å²) in [6.45, 7) is 12.6. The summed E-state index contributed by atoms with van der Waals surface area (Å²) >= 11 is 2.18. The summed E-state index contributed by atoms with van der Waals surface area (Å²) in [5.74, 6) is 0.785. The Morgan fingerprint density at radius 1 is 1.16 bits per heavy atom. The summed E-state index contributed by atoms with van der Waals surface area (Å²) in [5, 5.41) is 2.98. The first kappa shape index (κ1) is 28.2. The Hall–Kier alpha value is -2.80. The fraction of sp³-hybridized carbons (Fsp3) is 0.519. The Morgan fingerprint density at radius 2 is 1.92 bits per heavy atom. The van der Waals surface area contributed by atoms with E-state index in [1.165, 1.54) is 12.8 Å². The normalized spacial score (nSPS) is 14.3. The van der Waals surface area contributed by atoms with Crippen LogP contribution in [0.15, 0.2) is 24.4 Å². The van der Waals surface area contributed by atoms with Crippen molar-refractivity contribution in [1.82, 2.24) is 29.7 Å². The predicted molar refractivity (Wildman–Crippen MR) is 156 cm³/mol. The molecule has 1 fully saturated rings. The molecule has 0 unspecified atom stereocenters. The molecule has 4 rings (SSSR count). The highest BCUT2D eigenvalue weighted by Gasteiger charge is 2.27. The molecule has 1 aromatic carbocycles. The van der Waals surface area contributed by atoms with Crippen LogP contribution >= 0.6 is 22.6 Å². The van der Waals surface area contributed by atoms with Gasteiger partial charge in [-0.1, -0.05) is 35.9 Å². The van der Waals surface area contributed by atoms with Gasteiger partial charge in [0, 0.05) is 42.2 Å². The fourth-order valence-corrected chi connectivity index (χ4v) is 5.44. The summed E-state index contributed by atoms with van der Waals surface area (Å²) in [5.41, 5.74) is 9.50. The van der Waals surface area contributed by atoms with Gasteiger partial charge in [-0.25, -0.2) is 19.1 Å². The van der Waals surface area contributed by atoms with E-state index in [1.807, 2.05) is 23.1 Å². The van der Waals surface area contributed by atoms with Gasteiger partial charge in [-0.2, -0.15) is 0 Å². The third kappa shape index (κ3) is 5.93. The lowest BCUT2D eigenvalue weighted by atomic mass is 10.1. The number of hydrogen-bond donors (Lipinski definition) is 2. The van der Waals surface area contributed by atoms with Crippen molar-refractivity contribution in [1.29, 1.82) is 0 Å². The second kappa shape index (κ2) is 12.8. The van der Waals surface area contributed by atoms with Crippen molar-refractivity contribution < 1.29 is 14.2 Å². The first-order chi connectivity index (χ1) is 18.4. The van der Waals surface area contributed by atoms with E-state index in [9.17, 15) is 9.59 Å². The Kier molecular flexibility index (Phi) is 9.53. The quantitative estimate of drug-likeness (QED) is 0.202. The molecule has 2 amide bonds. The minimum atomic E-state index is -0.355. The van der Waals surface area contributed by atoms with Crippen LogP contribution in [0.3, 0.4) is 0 Å². The lowest BCUT2D eigenvalue weighted by molar-refractivity contribution is -0.676. The molecule has 0 bridgehead atoms. The number of amides is 2. The number of nitrogens with two attached hydrogens (primary N) is 1. The van der Waals surface area contributed by atoms with E-state index in [2.05, 4.69) is 72.7 Å². The van der Waals surface area contributed by atoms with Crippen LogP contribution in [0.2, 0.25) is 0 Å². The van der Waals surface area contributed by atoms with Gasteiger partial charge in [0.2, 0.25) is 0 Å². The number of aryl methyl sites for hydroxylation is 2. The number of nitrogens with one attached hydrogen (secondary N) is 1. The number of carbonyl (C=O) groups is 2. The summed E-state index contributed by atoms with van der Waals surface area (Å²) in [6.07, 6.45) is 3.97. The third-order valence-electron chi connectivity index (χ3n) is 7.16. The molecule has 3 N–H and O–H groups in total. The van der Waals surface area contributed by atoms with Gasteiger partial charge < -0.3 is 16.0 Å². The molecule has 0 radical (unpaired) electrons. The molecule has 2 aromatic heterocycles. The zero-order valence-electron chi connectivity index (χ0n) is 22.5. The predicted octanol–water partition coefficient (Wildman–Crippen LogP) is 2.76. The molecule has 0 saturated carbocycles. The number of halogens is 1. The first-order valence-electron chi connectivity index (χ1n) is 13.4. The molecule has 0 spiro atoms. The van der Waals surface area contributed by atoms with Crippen LogP contribution in [0.4, 0.5) is 5.82 Å². The fourth-order valence-electron chi connectivity index (χ4n) is 5.07. The van der Waals surface area contributed by atoms with Crippen LogP contribution in [0.1, 0.15) is 66.0 Å². The molecule has 0 aliphatic carbocycles. The number of hydrogen-bond acceptors (Lipinski definition) is 6. The Balaban J connectivity index is 1.55. The second-order valence-electron chi connectivity index (χ2n) is 9.51.